The van der Waals surface area contributed by atoms with Crippen LogP contribution in [0.3, 0.4) is 0 Å². The topological polar surface area (TPSA) is 84.6 Å². The number of likely N-dealkylation sites (tertiary alicyclic amines) is 1. The summed E-state index contributed by atoms with van der Waals surface area (Å²) in [6, 6.07) is 0. The third kappa shape index (κ3) is 6.55. The molecule has 0 saturated carbocycles. The van der Waals surface area contributed by atoms with E-state index in [4.69, 9.17) is 4.74 Å². The largest absolute Gasteiger partial charge is 0.466 e. The molecule has 2 aliphatic rings. The third-order valence-electron chi connectivity index (χ3n) is 5.67. The van der Waals surface area contributed by atoms with Crippen molar-refractivity contribution < 1.29 is 9.53 Å². The molecule has 1 N–H and O–H groups in total. The monoisotopic (exact) mass is 518 g/mol. The summed E-state index contributed by atoms with van der Waals surface area (Å²) in [6.07, 6.45) is 8.37. The van der Waals surface area contributed by atoms with E-state index in [1.54, 1.807) is 0 Å². The van der Waals surface area contributed by atoms with E-state index in [0.29, 0.717) is 6.61 Å². The van der Waals surface area contributed by atoms with E-state index in [1.165, 1.54) is 19.3 Å². The Hall–Kier alpha value is -1.39. The van der Waals surface area contributed by atoms with Gasteiger partial charge in [-0.25, -0.2) is 0 Å². The number of hydrogen-bond acceptors (Lipinski definition) is 5. The minimum atomic E-state index is -0.0578. The quantitative estimate of drug-likeness (QED) is 0.205. The molecule has 0 atom stereocenters. The number of nitrogens with zero attached hydrogens (tertiary/aromatic N) is 5. The van der Waals surface area contributed by atoms with E-state index < -0.39 is 0 Å². The van der Waals surface area contributed by atoms with Crippen LogP contribution in [0.25, 0.3) is 0 Å². The number of hydrogen-bond donors (Lipinski definition) is 1. The van der Waals surface area contributed by atoms with Crippen LogP contribution < -0.4 is 5.32 Å². The lowest BCUT2D eigenvalue weighted by Crippen LogP contribution is -2.47. The fourth-order valence-electron chi connectivity index (χ4n) is 4.10. The van der Waals surface area contributed by atoms with E-state index in [9.17, 15) is 4.79 Å². The van der Waals surface area contributed by atoms with Gasteiger partial charge in [0, 0.05) is 46.1 Å². The highest BCUT2D eigenvalue weighted by atomic mass is 127. The molecule has 29 heavy (non-hydrogen) atoms. The van der Waals surface area contributed by atoms with Crippen LogP contribution in [0, 0.1) is 5.92 Å². The van der Waals surface area contributed by atoms with Gasteiger partial charge >= 0.3 is 5.97 Å². The highest BCUT2D eigenvalue weighted by Crippen LogP contribution is 2.19. The van der Waals surface area contributed by atoms with Crippen molar-refractivity contribution in [2.45, 2.75) is 64.8 Å². The molecule has 0 unspecified atom stereocenters. The van der Waals surface area contributed by atoms with Crippen LogP contribution in [-0.2, 0) is 28.9 Å². The summed E-state index contributed by atoms with van der Waals surface area (Å²) in [6.45, 7) is 5.89. The summed E-state index contributed by atoms with van der Waals surface area (Å²) < 4.78 is 7.47. The summed E-state index contributed by atoms with van der Waals surface area (Å²) in [5, 5.41) is 12.2. The predicted molar refractivity (Wildman–Crippen MR) is 124 cm³/mol. The van der Waals surface area contributed by atoms with Crippen molar-refractivity contribution in [3.8, 4) is 0 Å². The standard InChI is InChI=1S/C20H34N6O2.HI/c1-3-28-19(27)16-10-14-25(15-11-16)20(21-2)22-12-7-9-18-24-23-17-8-5-4-6-13-26(17)18;/h16H,3-15H2,1-2H3,(H,21,22);1H. The SMILES string of the molecule is CCOC(=O)C1CCN(C(=NC)NCCCc2nnc3n2CCCCC3)CC1.I. The molecule has 0 aliphatic carbocycles. The van der Waals surface area contributed by atoms with Crippen LogP contribution in [0.15, 0.2) is 4.99 Å². The van der Waals surface area contributed by atoms with Gasteiger partial charge in [0.15, 0.2) is 5.96 Å². The van der Waals surface area contributed by atoms with Gasteiger partial charge in [-0.05, 0) is 39.0 Å². The van der Waals surface area contributed by atoms with Gasteiger partial charge in [0.1, 0.15) is 11.6 Å². The number of piperidine rings is 1. The molecule has 2 aliphatic heterocycles. The second kappa shape index (κ2) is 12.3. The van der Waals surface area contributed by atoms with Crippen molar-refractivity contribution in [1.82, 2.24) is 25.0 Å². The molecule has 8 nitrogen and oxygen atoms in total. The minimum absolute atomic E-state index is 0. The summed E-state index contributed by atoms with van der Waals surface area (Å²) >= 11 is 0. The van der Waals surface area contributed by atoms with Crippen LogP contribution in [0.4, 0.5) is 0 Å². The first-order valence-corrected chi connectivity index (χ1v) is 10.8. The van der Waals surface area contributed by atoms with Crippen molar-refractivity contribution in [2.75, 3.05) is 33.3 Å². The lowest BCUT2D eigenvalue weighted by Gasteiger charge is -2.33. The number of aromatic nitrogens is 3. The minimum Gasteiger partial charge on any atom is -0.466 e. The van der Waals surface area contributed by atoms with Gasteiger partial charge in [-0.15, -0.1) is 34.2 Å². The number of aliphatic imine (C=N–C) groups is 1. The molecule has 0 radical (unpaired) electrons. The normalized spacial score (nSPS) is 17.9. The second-order valence-electron chi connectivity index (χ2n) is 7.59. The first-order chi connectivity index (χ1) is 13.7. The van der Waals surface area contributed by atoms with Gasteiger partial charge < -0.3 is 19.5 Å². The van der Waals surface area contributed by atoms with Crippen LogP contribution in [-0.4, -0.2) is 64.9 Å². The maximum atomic E-state index is 11.9. The first-order valence-electron chi connectivity index (χ1n) is 10.8. The second-order valence-corrected chi connectivity index (χ2v) is 7.59. The lowest BCUT2D eigenvalue weighted by atomic mass is 9.97. The number of aryl methyl sites for hydroxylation is 2. The predicted octanol–water partition coefficient (Wildman–Crippen LogP) is 2.41. The van der Waals surface area contributed by atoms with Crippen molar-refractivity contribution >= 4 is 35.9 Å². The number of carbonyl (C=O) groups is 1. The fourth-order valence-corrected chi connectivity index (χ4v) is 4.10. The van der Waals surface area contributed by atoms with Gasteiger partial charge in [-0.2, -0.15) is 0 Å². The van der Waals surface area contributed by atoms with E-state index in [2.05, 4.69) is 30.0 Å². The Labute approximate surface area is 190 Å². The zero-order valence-electron chi connectivity index (χ0n) is 17.7. The van der Waals surface area contributed by atoms with Gasteiger partial charge in [0.05, 0.1) is 12.5 Å². The molecule has 164 valence electrons. The number of rotatable bonds is 6. The van der Waals surface area contributed by atoms with Crippen molar-refractivity contribution in [1.29, 1.82) is 0 Å². The summed E-state index contributed by atoms with van der Waals surface area (Å²) in [5.74, 6) is 3.15. The van der Waals surface area contributed by atoms with Crippen molar-refractivity contribution in [2.24, 2.45) is 10.9 Å². The van der Waals surface area contributed by atoms with Gasteiger partial charge in [0.2, 0.25) is 0 Å². The van der Waals surface area contributed by atoms with Crippen LogP contribution in [0.1, 0.15) is 57.1 Å². The van der Waals surface area contributed by atoms with Gasteiger partial charge in [-0.1, -0.05) is 6.42 Å². The molecular weight excluding hydrogens is 483 g/mol. The Kier molecular flexibility index (Phi) is 10.2. The molecule has 1 aromatic rings. The average Bonchev–Trinajstić information content (AvgIpc) is 2.94. The molecule has 3 heterocycles. The van der Waals surface area contributed by atoms with Gasteiger partial charge in [-0.3, -0.25) is 9.79 Å². The zero-order chi connectivity index (χ0) is 19.8. The molecule has 0 aromatic carbocycles. The number of nitrogens with one attached hydrogen (secondary N) is 1. The maximum Gasteiger partial charge on any atom is 0.309 e. The first kappa shape index (κ1) is 23.9. The molecule has 1 fully saturated rings. The average molecular weight is 518 g/mol. The van der Waals surface area contributed by atoms with E-state index >= 15 is 0 Å². The molecule has 1 saturated heterocycles. The Bertz CT molecular complexity index is 670. The zero-order valence-corrected chi connectivity index (χ0v) is 20.1. The lowest BCUT2D eigenvalue weighted by molar-refractivity contribution is -0.149. The maximum absolute atomic E-state index is 11.9. The van der Waals surface area contributed by atoms with Crippen molar-refractivity contribution in [3.63, 3.8) is 0 Å². The third-order valence-corrected chi connectivity index (χ3v) is 5.67. The Morgan fingerprint density at radius 1 is 1.21 bits per heavy atom. The molecule has 3 rings (SSSR count). The number of fused-ring (bicyclic) bond motifs is 1. The molecule has 0 bridgehead atoms. The van der Waals surface area contributed by atoms with E-state index in [1.807, 2.05) is 14.0 Å². The number of halogens is 1. The van der Waals surface area contributed by atoms with Crippen LogP contribution in [0.2, 0.25) is 0 Å². The number of guanidine groups is 1. The number of ether oxygens (including phenoxy) is 1. The Morgan fingerprint density at radius 2 is 2.00 bits per heavy atom. The van der Waals surface area contributed by atoms with Crippen LogP contribution >= 0.6 is 24.0 Å². The van der Waals surface area contributed by atoms with E-state index in [0.717, 1.165) is 75.9 Å². The summed E-state index contributed by atoms with van der Waals surface area (Å²) in [4.78, 5) is 18.5. The number of esters is 1. The highest BCUT2D eigenvalue weighted by Gasteiger charge is 2.27. The van der Waals surface area contributed by atoms with Gasteiger partial charge in [0.25, 0.3) is 0 Å². The van der Waals surface area contributed by atoms with E-state index in [-0.39, 0.29) is 35.9 Å². The molecule has 0 amide bonds. The Balaban J connectivity index is 0.00000300. The summed E-state index contributed by atoms with van der Waals surface area (Å²) in [7, 11) is 1.82. The molecule has 0 spiro atoms. The van der Waals surface area contributed by atoms with Crippen molar-refractivity contribution in [3.05, 3.63) is 11.6 Å². The molecule has 1 aromatic heterocycles. The molecule has 9 heteroatoms. The summed E-state index contributed by atoms with van der Waals surface area (Å²) in [5.41, 5.74) is 0. The molecular formula is C20H35IN6O2. The smallest absolute Gasteiger partial charge is 0.309 e. The highest BCUT2D eigenvalue weighted by molar-refractivity contribution is 14.0. The van der Waals surface area contributed by atoms with Crippen LogP contribution in [0.5, 0.6) is 0 Å². The Morgan fingerprint density at radius 3 is 2.72 bits per heavy atom. The number of carbonyl (C=O) groups excluding carboxylic acids is 1. The fraction of sp³-hybridized carbons (Fsp3) is 0.800.